The van der Waals surface area contributed by atoms with Crippen molar-refractivity contribution >= 4 is 17.8 Å². The Morgan fingerprint density at radius 1 is 1.00 bits per heavy atom. The summed E-state index contributed by atoms with van der Waals surface area (Å²) in [4.78, 5) is 22.4. The van der Waals surface area contributed by atoms with Crippen molar-refractivity contribution in [3.63, 3.8) is 0 Å². The van der Waals surface area contributed by atoms with Crippen LogP contribution < -0.4 is 14.9 Å². The quantitative estimate of drug-likeness (QED) is 0.292. The highest BCUT2D eigenvalue weighted by Crippen LogP contribution is 2.17. The number of hydrogen-bond donors (Lipinski definition) is 1. The van der Waals surface area contributed by atoms with Gasteiger partial charge in [0.25, 0.3) is 5.69 Å². The van der Waals surface area contributed by atoms with Gasteiger partial charge >= 0.3 is 0 Å². The Hall–Kier alpha value is -4.20. The van der Waals surface area contributed by atoms with Gasteiger partial charge in [-0.15, -0.1) is 0 Å². The lowest BCUT2D eigenvalue weighted by atomic mass is 10.1. The van der Waals surface area contributed by atoms with Crippen molar-refractivity contribution in [1.82, 2.24) is 5.43 Å². The highest BCUT2D eigenvalue weighted by molar-refractivity contribution is 5.83. The van der Waals surface area contributed by atoms with E-state index in [0.29, 0.717) is 12.4 Å². The Labute approximate surface area is 185 Å². The van der Waals surface area contributed by atoms with Crippen molar-refractivity contribution in [2.24, 2.45) is 5.10 Å². The van der Waals surface area contributed by atoms with Crippen LogP contribution >= 0.6 is 0 Å². The number of ether oxygens (including phenoxy) is 2. The number of carbonyl (C=O) groups is 1. The van der Waals surface area contributed by atoms with Crippen LogP contribution in [-0.4, -0.2) is 23.7 Å². The zero-order chi connectivity index (χ0) is 22.8. The normalized spacial score (nSPS) is 10.7. The lowest BCUT2D eigenvalue weighted by Crippen LogP contribution is -2.19. The van der Waals surface area contributed by atoms with Crippen molar-refractivity contribution in [3.8, 4) is 11.5 Å². The van der Waals surface area contributed by atoms with Gasteiger partial charge in [0.15, 0.2) is 0 Å². The zero-order valence-corrected chi connectivity index (χ0v) is 17.6. The molecule has 0 aromatic heterocycles. The molecule has 0 saturated carbocycles. The number of amides is 1. The maximum absolute atomic E-state index is 12.1. The Morgan fingerprint density at radius 3 is 2.41 bits per heavy atom. The van der Waals surface area contributed by atoms with E-state index in [1.807, 2.05) is 43.3 Å². The number of rotatable bonds is 10. The first kappa shape index (κ1) is 22.5. The molecular formula is C24H23N3O5. The molecule has 1 amide bonds. The lowest BCUT2D eigenvalue weighted by molar-refractivity contribution is -0.384. The van der Waals surface area contributed by atoms with Gasteiger partial charge in [-0.05, 0) is 60.0 Å². The summed E-state index contributed by atoms with van der Waals surface area (Å²) in [6.07, 6.45) is 1.75. The molecule has 0 heterocycles. The average molecular weight is 433 g/mol. The van der Waals surface area contributed by atoms with Gasteiger partial charge in [-0.3, -0.25) is 14.9 Å². The van der Waals surface area contributed by atoms with E-state index in [1.165, 1.54) is 18.3 Å². The summed E-state index contributed by atoms with van der Waals surface area (Å²) < 4.78 is 11.1. The molecule has 0 radical (unpaired) electrons. The van der Waals surface area contributed by atoms with Gasteiger partial charge in [-0.1, -0.05) is 24.3 Å². The fourth-order valence-corrected chi connectivity index (χ4v) is 2.84. The third kappa shape index (κ3) is 6.94. The zero-order valence-electron chi connectivity index (χ0n) is 17.6. The number of benzene rings is 3. The van der Waals surface area contributed by atoms with E-state index in [1.54, 1.807) is 24.3 Å². The van der Waals surface area contributed by atoms with E-state index in [-0.39, 0.29) is 24.6 Å². The van der Waals surface area contributed by atoms with Crippen LogP contribution in [0.5, 0.6) is 11.5 Å². The van der Waals surface area contributed by atoms with Gasteiger partial charge in [-0.2, -0.15) is 5.10 Å². The van der Waals surface area contributed by atoms with Crippen LogP contribution in [0.1, 0.15) is 23.6 Å². The third-order valence-corrected chi connectivity index (χ3v) is 4.41. The first-order chi connectivity index (χ1) is 15.5. The van der Waals surface area contributed by atoms with Crippen LogP contribution in [0, 0.1) is 10.1 Å². The molecule has 0 bridgehead atoms. The summed E-state index contributed by atoms with van der Waals surface area (Å²) in [5.41, 5.74) is 4.99. The maximum atomic E-state index is 12.1. The molecule has 0 unspecified atom stereocenters. The van der Waals surface area contributed by atoms with Gasteiger partial charge in [0.2, 0.25) is 5.91 Å². The molecule has 1 N–H and O–H groups in total. The molecule has 164 valence electrons. The standard InChI is InChI=1S/C24H23N3O5/c1-2-31-22-12-8-18(9-13-22)15-24(28)26-25-16-20-4-3-5-23(14-20)32-17-19-6-10-21(11-7-19)27(29)30/h3-14,16H,2,15,17H2,1H3,(H,26,28)/b25-16+. The molecule has 3 aromatic carbocycles. The molecule has 0 aliphatic rings. The van der Waals surface area contributed by atoms with E-state index in [2.05, 4.69) is 10.5 Å². The second-order valence-corrected chi connectivity index (χ2v) is 6.83. The number of nitrogens with one attached hydrogen (secondary N) is 1. The minimum atomic E-state index is -0.440. The number of carbonyl (C=O) groups excluding carboxylic acids is 1. The molecule has 0 aliphatic heterocycles. The number of nitro groups is 1. The molecule has 8 nitrogen and oxygen atoms in total. The second kappa shape index (κ2) is 11.3. The van der Waals surface area contributed by atoms with Crippen molar-refractivity contribution < 1.29 is 19.2 Å². The van der Waals surface area contributed by atoms with Crippen LogP contribution in [0.4, 0.5) is 5.69 Å². The Kier molecular flexibility index (Phi) is 7.91. The number of nitrogens with zero attached hydrogens (tertiary/aromatic N) is 2. The van der Waals surface area contributed by atoms with E-state index in [4.69, 9.17) is 9.47 Å². The summed E-state index contributed by atoms with van der Waals surface area (Å²) in [7, 11) is 0. The fourth-order valence-electron chi connectivity index (χ4n) is 2.84. The molecule has 0 spiro atoms. The van der Waals surface area contributed by atoms with Gasteiger partial charge in [0.05, 0.1) is 24.2 Å². The van der Waals surface area contributed by atoms with E-state index in [0.717, 1.165) is 22.4 Å². The van der Waals surface area contributed by atoms with Crippen LogP contribution in [-0.2, 0) is 17.8 Å². The predicted octanol–water partition coefficient (Wildman–Crippen LogP) is 4.27. The minimum Gasteiger partial charge on any atom is -0.494 e. The first-order valence-electron chi connectivity index (χ1n) is 10.0. The van der Waals surface area contributed by atoms with E-state index >= 15 is 0 Å². The SMILES string of the molecule is CCOc1ccc(CC(=O)N/N=C/c2cccc(OCc3ccc([N+](=O)[O-])cc3)c2)cc1. The molecule has 3 rings (SSSR count). The monoisotopic (exact) mass is 433 g/mol. The topological polar surface area (TPSA) is 103 Å². The Bertz CT molecular complexity index is 1080. The number of non-ortho nitro benzene ring substituents is 1. The molecule has 0 saturated heterocycles. The third-order valence-electron chi connectivity index (χ3n) is 4.41. The molecule has 0 fully saturated rings. The summed E-state index contributed by atoms with van der Waals surface area (Å²) in [5.74, 6) is 1.16. The van der Waals surface area contributed by atoms with Crippen LogP contribution in [0.2, 0.25) is 0 Å². The van der Waals surface area contributed by atoms with Gasteiger partial charge < -0.3 is 9.47 Å². The maximum Gasteiger partial charge on any atom is 0.269 e. The highest BCUT2D eigenvalue weighted by atomic mass is 16.6. The number of hydrogen-bond acceptors (Lipinski definition) is 6. The first-order valence-corrected chi connectivity index (χ1v) is 10.0. The average Bonchev–Trinajstić information content (AvgIpc) is 2.80. The molecular weight excluding hydrogens is 410 g/mol. The van der Waals surface area contributed by atoms with Gasteiger partial charge in [0.1, 0.15) is 18.1 Å². The van der Waals surface area contributed by atoms with Gasteiger partial charge in [0, 0.05) is 12.1 Å². The van der Waals surface area contributed by atoms with Crippen LogP contribution in [0.25, 0.3) is 0 Å². The summed E-state index contributed by atoms with van der Waals surface area (Å²) in [6.45, 7) is 2.79. The van der Waals surface area contributed by atoms with Gasteiger partial charge in [-0.25, -0.2) is 5.43 Å². The van der Waals surface area contributed by atoms with Crippen molar-refractivity contribution in [2.45, 2.75) is 20.0 Å². The molecule has 0 aliphatic carbocycles. The Morgan fingerprint density at radius 2 is 1.72 bits per heavy atom. The van der Waals surface area contributed by atoms with E-state index < -0.39 is 4.92 Å². The lowest BCUT2D eigenvalue weighted by Gasteiger charge is -2.07. The highest BCUT2D eigenvalue weighted by Gasteiger charge is 2.05. The predicted molar refractivity (Wildman–Crippen MR) is 121 cm³/mol. The second-order valence-electron chi connectivity index (χ2n) is 6.83. The summed E-state index contributed by atoms with van der Waals surface area (Å²) in [6, 6.07) is 20.8. The fraction of sp³-hybridized carbons (Fsp3) is 0.167. The summed E-state index contributed by atoms with van der Waals surface area (Å²) >= 11 is 0. The molecule has 0 atom stereocenters. The Balaban J connectivity index is 1.49. The number of nitro benzene ring substituents is 1. The largest absolute Gasteiger partial charge is 0.494 e. The molecule has 8 heteroatoms. The van der Waals surface area contributed by atoms with Crippen LogP contribution in [0.15, 0.2) is 77.9 Å². The van der Waals surface area contributed by atoms with Crippen molar-refractivity contribution in [2.75, 3.05) is 6.61 Å². The van der Waals surface area contributed by atoms with E-state index in [9.17, 15) is 14.9 Å². The van der Waals surface area contributed by atoms with Crippen molar-refractivity contribution in [3.05, 3.63) is 99.6 Å². The smallest absolute Gasteiger partial charge is 0.269 e. The molecule has 3 aromatic rings. The minimum absolute atomic E-state index is 0.0385. The van der Waals surface area contributed by atoms with Crippen molar-refractivity contribution in [1.29, 1.82) is 0 Å². The molecule has 32 heavy (non-hydrogen) atoms. The summed E-state index contributed by atoms with van der Waals surface area (Å²) in [5, 5.41) is 14.7. The van der Waals surface area contributed by atoms with Crippen LogP contribution in [0.3, 0.4) is 0 Å². The number of hydrazone groups is 1.